The summed E-state index contributed by atoms with van der Waals surface area (Å²) in [5.74, 6) is 1.41. The molecule has 20 heavy (non-hydrogen) atoms. The molecule has 1 heterocycles. The number of aromatic nitrogens is 2. The maximum Gasteiger partial charge on any atom is 0.124 e. The summed E-state index contributed by atoms with van der Waals surface area (Å²) in [5, 5.41) is 0.731. The molecule has 1 aromatic carbocycles. The Balaban J connectivity index is 2.05. The van der Waals surface area contributed by atoms with E-state index in [2.05, 4.69) is 22.5 Å². The summed E-state index contributed by atoms with van der Waals surface area (Å²) in [6, 6.07) is 5.93. The van der Waals surface area contributed by atoms with Crippen molar-refractivity contribution in [2.45, 2.75) is 51.5 Å². The summed E-state index contributed by atoms with van der Waals surface area (Å²) in [4.78, 5) is 4.65. The lowest BCUT2D eigenvalue weighted by Crippen LogP contribution is -2.23. The van der Waals surface area contributed by atoms with E-state index in [0.29, 0.717) is 11.3 Å². The SMILES string of the molecule is CCC1(Cn2c(CCl)nc3cc(Cl)ccc32)CCCC1. The Hall–Kier alpha value is -0.730. The minimum absolute atomic E-state index is 0.425. The van der Waals surface area contributed by atoms with Gasteiger partial charge in [-0.05, 0) is 42.9 Å². The highest BCUT2D eigenvalue weighted by Crippen LogP contribution is 2.43. The molecule has 0 amide bonds. The van der Waals surface area contributed by atoms with E-state index in [-0.39, 0.29) is 0 Å². The van der Waals surface area contributed by atoms with Gasteiger partial charge in [0.15, 0.2) is 0 Å². The van der Waals surface area contributed by atoms with E-state index in [0.717, 1.165) is 28.4 Å². The third kappa shape index (κ3) is 2.44. The van der Waals surface area contributed by atoms with Gasteiger partial charge in [0, 0.05) is 11.6 Å². The van der Waals surface area contributed by atoms with Gasteiger partial charge in [-0.1, -0.05) is 31.4 Å². The second kappa shape index (κ2) is 5.57. The fraction of sp³-hybridized carbons (Fsp3) is 0.562. The van der Waals surface area contributed by atoms with Crippen LogP contribution in [0.1, 0.15) is 44.9 Å². The van der Waals surface area contributed by atoms with Gasteiger partial charge < -0.3 is 4.57 Å². The maximum atomic E-state index is 6.10. The number of alkyl halides is 1. The molecule has 2 nitrogen and oxygen atoms in total. The molecule has 0 saturated heterocycles. The van der Waals surface area contributed by atoms with E-state index < -0.39 is 0 Å². The van der Waals surface area contributed by atoms with Gasteiger partial charge in [0.05, 0.1) is 16.9 Å². The minimum Gasteiger partial charge on any atom is -0.326 e. The molecule has 0 bridgehead atoms. The first-order valence-corrected chi connectivity index (χ1v) is 8.29. The van der Waals surface area contributed by atoms with Crippen LogP contribution in [0.25, 0.3) is 11.0 Å². The summed E-state index contributed by atoms with van der Waals surface area (Å²) in [6.45, 7) is 3.34. The van der Waals surface area contributed by atoms with Gasteiger partial charge in [-0.15, -0.1) is 11.6 Å². The first-order valence-electron chi connectivity index (χ1n) is 7.38. The predicted molar refractivity (Wildman–Crippen MR) is 85.5 cm³/mol. The molecule has 1 aliphatic rings. The zero-order valence-corrected chi connectivity index (χ0v) is 13.3. The lowest BCUT2D eigenvalue weighted by atomic mass is 9.83. The van der Waals surface area contributed by atoms with Crippen LogP contribution in [-0.2, 0) is 12.4 Å². The maximum absolute atomic E-state index is 6.10. The van der Waals surface area contributed by atoms with Gasteiger partial charge in [0.25, 0.3) is 0 Å². The molecule has 0 spiro atoms. The fourth-order valence-corrected chi connectivity index (χ4v) is 3.89. The summed E-state index contributed by atoms with van der Waals surface area (Å²) in [6.07, 6.45) is 6.56. The Morgan fingerprint density at radius 3 is 2.70 bits per heavy atom. The van der Waals surface area contributed by atoms with Crippen molar-refractivity contribution in [1.82, 2.24) is 9.55 Å². The molecule has 4 heteroatoms. The highest BCUT2D eigenvalue weighted by Gasteiger charge is 2.33. The van der Waals surface area contributed by atoms with E-state index in [1.807, 2.05) is 12.1 Å². The van der Waals surface area contributed by atoms with E-state index in [9.17, 15) is 0 Å². The van der Waals surface area contributed by atoms with Crippen molar-refractivity contribution in [1.29, 1.82) is 0 Å². The molecule has 0 radical (unpaired) electrons. The molecule has 0 aliphatic heterocycles. The second-order valence-electron chi connectivity index (χ2n) is 5.94. The van der Waals surface area contributed by atoms with Crippen LogP contribution in [0, 0.1) is 5.41 Å². The van der Waals surface area contributed by atoms with E-state index >= 15 is 0 Å². The Labute approximate surface area is 130 Å². The number of hydrogen-bond donors (Lipinski definition) is 0. The van der Waals surface area contributed by atoms with Crippen molar-refractivity contribution in [2.75, 3.05) is 0 Å². The van der Waals surface area contributed by atoms with E-state index in [1.165, 1.54) is 32.1 Å². The van der Waals surface area contributed by atoms with Crippen LogP contribution in [0.2, 0.25) is 5.02 Å². The van der Waals surface area contributed by atoms with Gasteiger partial charge in [-0.25, -0.2) is 4.98 Å². The first-order chi connectivity index (χ1) is 9.67. The normalized spacial score (nSPS) is 17.9. The summed E-state index contributed by atoms with van der Waals surface area (Å²) in [7, 11) is 0. The molecule has 0 unspecified atom stereocenters. The average molecular weight is 311 g/mol. The molecular formula is C16H20Cl2N2. The molecule has 1 aromatic heterocycles. The minimum atomic E-state index is 0.425. The molecule has 0 N–H and O–H groups in total. The van der Waals surface area contributed by atoms with Crippen LogP contribution in [-0.4, -0.2) is 9.55 Å². The Kier molecular flexibility index (Phi) is 3.96. The fourth-order valence-electron chi connectivity index (χ4n) is 3.52. The number of nitrogens with zero attached hydrogens (tertiary/aromatic N) is 2. The highest BCUT2D eigenvalue weighted by atomic mass is 35.5. The van der Waals surface area contributed by atoms with Crippen molar-refractivity contribution < 1.29 is 0 Å². The lowest BCUT2D eigenvalue weighted by Gasteiger charge is -2.29. The van der Waals surface area contributed by atoms with Crippen LogP contribution in [0.5, 0.6) is 0 Å². The van der Waals surface area contributed by atoms with Crippen molar-refractivity contribution in [3.8, 4) is 0 Å². The van der Waals surface area contributed by atoms with Crippen LogP contribution >= 0.6 is 23.2 Å². The van der Waals surface area contributed by atoms with Gasteiger partial charge >= 0.3 is 0 Å². The van der Waals surface area contributed by atoms with Crippen molar-refractivity contribution in [2.24, 2.45) is 5.41 Å². The molecule has 3 rings (SSSR count). The van der Waals surface area contributed by atoms with Crippen LogP contribution < -0.4 is 0 Å². The highest BCUT2D eigenvalue weighted by molar-refractivity contribution is 6.31. The number of fused-ring (bicyclic) bond motifs is 1. The summed E-state index contributed by atoms with van der Waals surface area (Å²) < 4.78 is 2.31. The van der Waals surface area contributed by atoms with Crippen molar-refractivity contribution in [3.63, 3.8) is 0 Å². The largest absolute Gasteiger partial charge is 0.326 e. The standard InChI is InChI=1S/C16H20Cl2N2/c1-2-16(7-3-4-8-16)11-20-14-6-5-12(18)9-13(14)19-15(20)10-17/h5-6,9H,2-4,7-8,10-11H2,1H3. The molecule has 1 saturated carbocycles. The lowest BCUT2D eigenvalue weighted by molar-refractivity contribution is 0.238. The average Bonchev–Trinajstić information content (AvgIpc) is 3.04. The number of imidazole rings is 1. The van der Waals surface area contributed by atoms with E-state index in [4.69, 9.17) is 23.2 Å². The quantitative estimate of drug-likeness (QED) is 0.691. The van der Waals surface area contributed by atoms with Crippen LogP contribution in [0.3, 0.4) is 0 Å². The van der Waals surface area contributed by atoms with Gasteiger partial charge in [0.1, 0.15) is 5.82 Å². The summed E-state index contributed by atoms with van der Waals surface area (Å²) >= 11 is 12.2. The first kappa shape index (κ1) is 14.2. The Bertz CT molecular complexity index is 612. The van der Waals surface area contributed by atoms with Crippen LogP contribution in [0.4, 0.5) is 0 Å². The number of benzene rings is 1. The molecule has 1 fully saturated rings. The van der Waals surface area contributed by atoms with Gasteiger partial charge in [-0.3, -0.25) is 0 Å². The van der Waals surface area contributed by atoms with E-state index in [1.54, 1.807) is 0 Å². The Morgan fingerprint density at radius 2 is 2.05 bits per heavy atom. The zero-order valence-electron chi connectivity index (χ0n) is 11.8. The third-order valence-electron chi connectivity index (χ3n) is 4.82. The summed E-state index contributed by atoms with van der Waals surface area (Å²) in [5.41, 5.74) is 2.54. The zero-order chi connectivity index (χ0) is 14.2. The van der Waals surface area contributed by atoms with Crippen molar-refractivity contribution in [3.05, 3.63) is 29.0 Å². The van der Waals surface area contributed by atoms with Crippen molar-refractivity contribution >= 4 is 34.2 Å². The molecule has 0 atom stereocenters. The monoisotopic (exact) mass is 310 g/mol. The van der Waals surface area contributed by atoms with Gasteiger partial charge in [-0.2, -0.15) is 0 Å². The number of halogens is 2. The number of rotatable bonds is 4. The second-order valence-corrected chi connectivity index (χ2v) is 6.65. The molecule has 1 aliphatic carbocycles. The van der Waals surface area contributed by atoms with Gasteiger partial charge in [0.2, 0.25) is 0 Å². The topological polar surface area (TPSA) is 17.8 Å². The molecule has 2 aromatic rings. The smallest absolute Gasteiger partial charge is 0.124 e. The predicted octanol–water partition coefficient (Wildman–Crippen LogP) is 5.40. The molecular weight excluding hydrogens is 291 g/mol. The van der Waals surface area contributed by atoms with Crippen LogP contribution in [0.15, 0.2) is 18.2 Å². The third-order valence-corrected chi connectivity index (χ3v) is 5.29. The molecule has 108 valence electrons. The Morgan fingerprint density at radius 1 is 1.30 bits per heavy atom. The number of hydrogen-bond acceptors (Lipinski definition) is 1.